The Labute approximate surface area is 162 Å². The van der Waals surface area contributed by atoms with Gasteiger partial charge < -0.3 is 15.4 Å². The van der Waals surface area contributed by atoms with Gasteiger partial charge in [0.15, 0.2) is 6.61 Å². The van der Waals surface area contributed by atoms with Gasteiger partial charge in [-0.25, -0.2) is 4.39 Å². The van der Waals surface area contributed by atoms with E-state index in [1.165, 1.54) is 6.07 Å². The number of nitrogens with one attached hydrogen (secondary N) is 2. The van der Waals surface area contributed by atoms with Crippen LogP contribution in [0.1, 0.15) is 12.0 Å². The molecule has 144 valence electrons. The Kier molecular flexibility index (Phi) is 8.13. The van der Waals surface area contributed by atoms with Crippen molar-refractivity contribution in [3.63, 3.8) is 0 Å². The van der Waals surface area contributed by atoms with Crippen molar-refractivity contribution in [2.75, 3.05) is 23.9 Å². The third kappa shape index (κ3) is 6.94. The molecular formula is C20H23FN2O3S. The lowest BCUT2D eigenvalue weighted by molar-refractivity contribution is -0.127. The molecule has 0 saturated carbocycles. The summed E-state index contributed by atoms with van der Waals surface area (Å²) in [6.07, 6.45) is 2.38. The molecule has 0 aliphatic heterocycles. The van der Waals surface area contributed by atoms with E-state index in [1.807, 2.05) is 24.5 Å². The van der Waals surface area contributed by atoms with Crippen LogP contribution in [0.2, 0.25) is 0 Å². The molecule has 2 aromatic rings. The van der Waals surface area contributed by atoms with Gasteiger partial charge >= 0.3 is 0 Å². The van der Waals surface area contributed by atoms with Crippen LogP contribution in [0.25, 0.3) is 0 Å². The van der Waals surface area contributed by atoms with Gasteiger partial charge in [0.1, 0.15) is 17.6 Å². The van der Waals surface area contributed by atoms with E-state index in [-0.39, 0.29) is 12.5 Å². The number of anilines is 1. The van der Waals surface area contributed by atoms with Gasteiger partial charge in [-0.3, -0.25) is 9.59 Å². The summed E-state index contributed by atoms with van der Waals surface area (Å²) in [5, 5.41) is 5.34. The van der Waals surface area contributed by atoms with Crippen LogP contribution in [-0.2, 0) is 9.59 Å². The molecule has 0 bridgehead atoms. The Morgan fingerprint density at radius 1 is 1.19 bits per heavy atom. The molecule has 0 spiro atoms. The monoisotopic (exact) mass is 390 g/mol. The summed E-state index contributed by atoms with van der Waals surface area (Å²) in [5.74, 6) is 0.0948. The molecular weight excluding hydrogens is 367 g/mol. The van der Waals surface area contributed by atoms with E-state index in [0.717, 1.165) is 0 Å². The highest BCUT2D eigenvalue weighted by molar-refractivity contribution is 7.98. The van der Waals surface area contributed by atoms with E-state index in [4.69, 9.17) is 4.74 Å². The third-order valence-corrected chi connectivity index (χ3v) is 4.46. The van der Waals surface area contributed by atoms with Gasteiger partial charge in [-0.05, 0) is 55.2 Å². The van der Waals surface area contributed by atoms with Crippen molar-refractivity contribution < 1.29 is 18.7 Å². The number of carbonyl (C=O) groups excluding carboxylic acids is 2. The molecule has 27 heavy (non-hydrogen) atoms. The second-order valence-electron chi connectivity index (χ2n) is 5.96. The lowest BCUT2D eigenvalue weighted by Crippen LogP contribution is -2.45. The Bertz CT molecular complexity index is 771. The van der Waals surface area contributed by atoms with Crippen LogP contribution in [-0.4, -0.2) is 36.5 Å². The average molecular weight is 390 g/mol. The van der Waals surface area contributed by atoms with E-state index >= 15 is 0 Å². The summed E-state index contributed by atoms with van der Waals surface area (Å²) in [4.78, 5) is 24.7. The molecule has 0 saturated heterocycles. The number of rotatable bonds is 9. The van der Waals surface area contributed by atoms with Gasteiger partial charge in [0.05, 0.1) is 0 Å². The molecule has 0 fully saturated rings. The number of amides is 2. The lowest BCUT2D eigenvalue weighted by Gasteiger charge is -2.18. The van der Waals surface area contributed by atoms with Gasteiger partial charge in [0.25, 0.3) is 5.91 Å². The molecule has 0 aliphatic carbocycles. The maximum atomic E-state index is 13.7. The van der Waals surface area contributed by atoms with Gasteiger partial charge in [-0.15, -0.1) is 0 Å². The summed E-state index contributed by atoms with van der Waals surface area (Å²) in [7, 11) is 0. The number of carbonyl (C=O) groups is 2. The first-order valence-corrected chi connectivity index (χ1v) is 9.92. The molecule has 0 radical (unpaired) electrons. The fourth-order valence-electron chi connectivity index (χ4n) is 2.31. The van der Waals surface area contributed by atoms with E-state index < -0.39 is 17.8 Å². The predicted octanol–water partition coefficient (Wildman–Crippen LogP) is 3.39. The molecule has 0 heterocycles. The zero-order valence-electron chi connectivity index (χ0n) is 15.3. The highest BCUT2D eigenvalue weighted by Crippen LogP contribution is 2.14. The second-order valence-corrected chi connectivity index (χ2v) is 6.94. The minimum absolute atomic E-state index is 0.188. The standard InChI is InChI=1S/C20H23FN2O3S/c1-14-8-9-15(12-17(14)21)22-20(25)18(10-11-27-2)23-19(24)13-26-16-6-4-3-5-7-16/h3-9,12,18H,10-11,13H2,1-2H3,(H,22,25)(H,23,24)/t18-/m0/s1. The van der Waals surface area contributed by atoms with Crippen LogP contribution in [0.3, 0.4) is 0 Å². The first-order valence-electron chi connectivity index (χ1n) is 8.52. The molecule has 0 aliphatic rings. The first kappa shape index (κ1) is 20.8. The minimum atomic E-state index is -0.728. The Hall–Kier alpha value is -2.54. The zero-order valence-corrected chi connectivity index (χ0v) is 16.1. The number of hydrogen-bond donors (Lipinski definition) is 2. The van der Waals surface area contributed by atoms with Crippen LogP contribution < -0.4 is 15.4 Å². The van der Waals surface area contributed by atoms with Gasteiger partial charge in [-0.1, -0.05) is 24.3 Å². The molecule has 2 aromatic carbocycles. The largest absolute Gasteiger partial charge is 0.484 e. The van der Waals surface area contributed by atoms with Crippen molar-refractivity contribution in [1.82, 2.24) is 5.32 Å². The molecule has 2 N–H and O–H groups in total. The first-order chi connectivity index (χ1) is 13.0. The smallest absolute Gasteiger partial charge is 0.258 e. The van der Waals surface area contributed by atoms with E-state index in [0.29, 0.717) is 29.2 Å². The van der Waals surface area contributed by atoms with Crippen LogP contribution in [0, 0.1) is 12.7 Å². The quantitative estimate of drug-likeness (QED) is 0.689. The number of aryl methyl sites for hydroxylation is 1. The second kappa shape index (κ2) is 10.6. The van der Waals surface area contributed by atoms with Crippen molar-refractivity contribution >= 4 is 29.3 Å². The predicted molar refractivity (Wildman–Crippen MR) is 107 cm³/mol. The summed E-state index contributed by atoms with van der Waals surface area (Å²) >= 11 is 1.57. The minimum Gasteiger partial charge on any atom is -0.484 e. The summed E-state index contributed by atoms with van der Waals surface area (Å²) < 4.78 is 19.1. The SMILES string of the molecule is CSCC[C@H](NC(=O)COc1ccccc1)C(=O)Nc1ccc(C)c(F)c1. The van der Waals surface area contributed by atoms with Crippen molar-refractivity contribution in [2.45, 2.75) is 19.4 Å². The molecule has 0 unspecified atom stereocenters. The van der Waals surface area contributed by atoms with E-state index in [1.54, 1.807) is 43.0 Å². The van der Waals surface area contributed by atoms with Crippen LogP contribution in [0.5, 0.6) is 5.75 Å². The Morgan fingerprint density at radius 2 is 1.93 bits per heavy atom. The Morgan fingerprint density at radius 3 is 2.59 bits per heavy atom. The molecule has 7 heteroatoms. The number of ether oxygens (including phenoxy) is 1. The molecule has 0 aromatic heterocycles. The van der Waals surface area contributed by atoms with Crippen LogP contribution in [0.4, 0.5) is 10.1 Å². The summed E-state index contributed by atoms with van der Waals surface area (Å²) in [5.41, 5.74) is 0.852. The number of thioether (sulfide) groups is 1. The fourth-order valence-corrected chi connectivity index (χ4v) is 2.78. The van der Waals surface area contributed by atoms with Crippen molar-refractivity contribution in [3.8, 4) is 5.75 Å². The van der Waals surface area contributed by atoms with Gasteiger partial charge in [-0.2, -0.15) is 11.8 Å². The summed E-state index contributed by atoms with van der Waals surface area (Å²) in [6, 6.07) is 12.7. The van der Waals surface area contributed by atoms with Crippen molar-refractivity contribution in [1.29, 1.82) is 0 Å². The molecule has 2 amide bonds. The maximum Gasteiger partial charge on any atom is 0.258 e. The lowest BCUT2D eigenvalue weighted by atomic mass is 10.1. The third-order valence-electron chi connectivity index (χ3n) is 3.81. The molecule has 5 nitrogen and oxygen atoms in total. The highest BCUT2D eigenvalue weighted by atomic mass is 32.2. The zero-order chi connectivity index (χ0) is 19.6. The normalized spacial score (nSPS) is 11.5. The highest BCUT2D eigenvalue weighted by Gasteiger charge is 2.21. The fraction of sp³-hybridized carbons (Fsp3) is 0.300. The van der Waals surface area contributed by atoms with Gasteiger partial charge in [0, 0.05) is 5.69 Å². The molecule has 2 rings (SSSR count). The van der Waals surface area contributed by atoms with E-state index in [9.17, 15) is 14.0 Å². The topological polar surface area (TPSA) is 67.4 Å². The number of benzene rings is 2. The van der Waals surface area contributed by atoms with Gasteiger partial charge in [0.2, 0.25) is 5.91 Å². The number of hydrogen-bond acceptors (Lipinski definition) is 4. The number of para-hydroxylation sites is 1. The van der Waals surface area contributed by atoms with Crippen molar-refractivity contribution in [2.24, 2.45) is 0 Å². The van der Waals surface area contributed by atoms with E-state index in [2.05, 4.69) is 10.6 Å². The van der Waals surface area contributed by atoms with Crippen molar-refractivity contribution in [3.05, 3.63) is 59.9 Å². The summed E-state index contributed by atoms with van der Waals surface area (Å²) in [6.45, 7) is 1.46. The van der Waals surface area contributed by atoms with Crippen LogP contribution in [0.15, 0.2) is 48.5 Å². The maximum absolute atomic E-state index is 13.7. The Balaban J connectivity index is 1.94. The average Bonchev–Trinajstić information content (AvgIpc) is 2.67. The van der Waals surface area contributed by atoms with Crippen LogP contribution >= 0.6 is 11.8 Å². The molecule has 1 atom stereocenters. The number of halogens is 1.